The second-order valence-electron chi connectivity index (χ2n) is 7.60. The molecule has 0 bridgehead atoms. The molecule has 1 aromatic carbocycles. The molecule has 1 N–H and O–H groups in total. The first-order valence-corrected chi connectivity index (χ1v) is 10.7. The van der Waals surface area contributed by atoms with Gasteiger partial charge < -0.3 is 15.0 Å². The van der Waals surface area contributed by atoms with Gasteiger partial charge >= 0.3 is 0 Å². The monoisotopic (exact) mass is 447 g/mol. The largest absolute Gasteiger partial charge is 0.379 e. The van der Waals surface area contributed by atoms with Crippen LogP contribution in [-0.4, -0.2) is 107 Å². The molecule has 2 aliphatic heterocycles. The lowest BCUT2D eigenvalue weighted by Crippen LogP contribution is -2.53. The second-order valence-corrected chi connectivity index (χ2v) is 8.03. The summed E-state index contributed by atoms with van der Waals surface area (Å²) in [5, 5.41) is 7.56. The molecule has 10 nitrogen and oxygen atoms in total. The molecule has 3 heterocycles. The number of benzene rings is 1. The fourth-order valence-corrected chi connectivity index (χ4v) is 3.91. The van der Waals surface area contributed by atoms with Crippen molar-refractivity contribution in [2.75, 3.05) is 70.9 Å². The number of anilines is 1. The van der Waals surface area contributed by atoms with E-state index in [2.05, 4.69) is 20.3 Å². The molecular formula is C20H26ClN7O3. The van der Waals surface area contributed by atoms with Crippen LogP contribution in [0.1, 0.15) is 0 Å². The fourth-order valence-electron chi connectivity index (χ4n) is 3.74. The summed E-state index contributed by atoms with van der Waals surface area (Å²) in [7, 11) is 0. The predicted molar refractivity (Wildman–Crippen MR) is 115 cm³/mol. The molecule has 0 unspecified atom stereocenters. The highest BCUT2D eigenvalue weighted by Gasteiger charge is 2.24. The molecule has 31 heavy (non-hydrogen) atoms. The van der Waals surface area contributed by atoms with Gasteiger partial charge in [0.1, 0.15) is 12.7 Å². The van der Waals surface area contributed by atoms with E-state index in [1.165, 1.54) is 6.33 Å². The molecule has 166 valence electrons. The van der Waals surface area contributed by atoms with E-state index in [0.29, 0.717) is 62.3 Å². The molecule has 2 fully saturated rings. The first-order valence-electron chi connectivity index (χ1n) is 10.3. The van der Waals surface area contributed by atoms with Gasteiger partial charge in [0.2, 0.25) is 11.8 Å². The standard InChI is InChI=1S/C20H26ClN7O3/c21-16-1-2-18(28-15-22-14-23-28)17(11-16)24-19(29)12-25-3-5-27(6-4-25)20(30)13-26-7-9-31-10-8-26/h1-2,11,14-15H,3-10,12-13H2,(H,24,29). The fraction of sp³-hybridized carbons (Fsp3) is 0.500. The van der Waals surface area contributed by atoms with E-state index in [4.69, 9.17) is 16.3 Å². The second kappa shape index (κ2) is 10.2. The maximum atomic E-state index is 12.7. The molecular weight excluding hydrogens is 422 g/mol. The van der Waals surface area contributed by atoms with Crippen molar-refractivity contribution in [3.05, 3.63) is 35.9 Å². The van der Waals surface area contributed by atoms with Crippen molar-refractivity contribution in [1.29, 1.82) is 0 Å². The van der Waals surface area contributed by atoms with Crippen LogP contribution >= 0.6 is 11.6 Å². The number of nitrogens with one attached hydrogen (secondary N) is 1. The van der Waals surface area contributed by atoms with E-state index in [9.17, 15) is 9.59 Å². The number of rotatable bonds is 6. The predicted octanol–water partition coefficient (Wildman–Crippen LogP) is 0.336. The van der Waals surface area contributed by atoms with E-state index in [-0.39, 0.29) is 18.4 Å². The minimum absolute atomic E-state index is 0.141. The number of halogens is 1. The molecule has 0 spiro atoms. The zero-order chi connectivity index (χ0) is 21.6. The Morgan fingerprint density at radius 2 is 1.77 bits per heavy atom. The van der Waals surface area contributed by atoms with Crippen LogP contribution < -0.4 is 5.32 Å². The first kappa shape index (κ1) is 21.7. The van der Waals surface area contributed by atoms with Gasteiger partial charge in [-0.25, -0.2) is 9.67 Å². The van der Waals surface area contributed by atoms with E-state index < -0.39 is 0 Å². The lowest BCUT2D eigenvalue weighted by molar-refractivity contribution is -0.135. The van der Waals surface area contributed by atoms with Crippen LogP contribution in [0.5, 0.6) is 0 Å². The van der Waals surface area contributed by atoms with Gasteiger partial charge in [-0.3, -0.25) is 19.4 Å². The summed E-state index contributed by atoms with van der Waals surface area (Å²) in [6.45, 7) is 6.20. The van der Waals surface area contributed by atoms with Crippen LogP contribution in [0.25, 0.3) is 5.69 Å². The number of hydrogen-bond acceptors (Lipinski definition) is 7. The topological polar surface area (TPSA) is 95.8 Å². The zero-order valence-corrected chi connectivity index (χ0v) is 18.0. The molecule has 0 aliphatic carbocycles. The normalized spacial score (nSPS) is 18.2. The van der Waals surface area contributed by atoms with Crippen LogP contribution in [0.4, 0.5) is 5.69 Å². The van der Waals surface area contributed by atoms with E-state index in [0.717, 1.165) is 13.1 Å². The Morgan fingerprint density at radius 1 is 1.03 bits per heavy atom. The number of carbonyl (C=O) groups excluding carboxylic acids is 2. The number of morpholine rings is 1. The number of nitrogens with zero attached hydrogens (tertiary/aromatic N) is 6. The highest BCUT2D eigenvalue weighted by Crippen LogP contribution is 2.24. The van der Waals surface area contributed by atoms with Crippen molar-refractivity contribution in [3.63, 3.8) is 0 Å². The Balaban J connectivity index is 1.27. The van der Waals surface area contributed by atoms with Crippen LogP contribution in [0.15, 0.2) is 30.9 Å². The van der Waals surface area contributed by atoms with E-state index in [1.807, 2.05) is 9.80 Å². The van der Waals surface area contributed by atoms with Gasteiger partial charge in [0, 0.05) is 44.3 Å². The number of ether oxygens (including phenoxy) is 1. The zero-order valence-electron chi connectivity index (χ0n) is 17.2. The highest BCUT2D eigenvalue weighted by atomic mass is 35.5. The van der Waals surface area contributed by atoms with Gasteiger partial charge in [-0.1, -0.05) is 11.6 Å². The maximum absolute atomic E-state index is 12.7. The highest BCUT2D eigenvalue weighted by molar-refractivity contribution is 6.31. The van der Waals surface area contributed by atoms with Gasteiger partial charge in [0.15, 0.2) is 0 Å². The summed E-state index contributed by atoms with van der Waals surface area (Å²) in [6, 6.07) is 5.21. The van der Waals surface area contributed by atoms with Gasteiger partial charge in [-0.05, 0) is 18.2 Å². The third-order valence-corrected chi connectivity index (χ3v) is 5.69. The Kier molecular flexibility index (Phi) is 7.13. The Bertz CT molecular complexity index is 894. The molecule has 2 amide bonds. The lowest BCUT2D eigenvalue weighted by Gasteiger charge is -2.36. The van der Waals surface area contributed by atoms with E-state index >= 15 is 0 Å². The number of aromatic nitrogens is 3. The van der Waals surface area contributed by atoms with Crippen molar-refractivity contribution < 1.29 is 14.3 Å². The number of hydrogen-bond donors (Lipinski definition) is 1. The Morgan fingerprint density at radius 3 is 2.48 bits per heavy atom. The molecule has 2 saturated heterocycles. The molecule has 2 aromatic rings. The van der Waals surface area contributed by atoms with Crippen molar-refractivity contribution in [1.82, 2.24) is 29.5 Å². The van der Waals surface area contributed by atoms with Gasteiger partial charge in [-0.2, -0.15) is 5.10 Å². The van der Waals surface area contributed by atoms with Gasteiger partial charge in [0.25, 0.3) is 0 Å². The van der Waals surface area contributed by atoms with Gasteiger partial charge in [-0.15, -0.1) is 0 Å². The number of piperazine rings is 1. The van der Waals surface area contributed by atoms with E-state index in [1.54, 1.807) is 29.2 Å². The molecule has 0 atom stereocenters. The molecule has 4 rings (SSSR count). The van der Waals surface area contributed by atoms with Crippen molar-refractivity contribution in [3.8, 4) is 5.69 Å². The van der Waals surface area contributed by atoms with Crippen LogP contribution in [0.2, 0.25) is 5.02 Å². The summed E-state index contributed by atoms with van der Waals surface area (Å²) in [4.78, 5) is 35.2. The average Bonchev–Trinajstić information content (AvgIpc) is 3.29. The molecule has 11 heteroatoms. The average molecular weight is 448 g/mol. The summed E-state index contributed by atoms with van der Waals surface area (Å²) in [5.41, 5.74) is 1.26. The molecule has 0 radical (unpaired) electrons. The quantitative estimate of drug-likeness (QED) is 0.682. The minimum atomic E-state index is -0.142. The lowest BCUT2D eigenvalue weighted by atomic mass is 10.2. The number of amides is 2. The SMILES string of the molecule is O=C(CN1CCN(C(=O)CN2CCOCC2)CC1)Nc1cc(Cl)ccc1-n1cncn1. The Labute approximate surface area is 185 Å². The third kappa shape index (κ3) is 5.79. The minimum Gasteiger partial charge on any atom is -0.379 e. The summed E-state index contributed by atoms with van der Waals surface area (Å²) in [6.07, 6.45) is 2.99. The molecule has 1 aromatic heterocycles. The first-order chi connectivity index (χ1) is 15.1. The third-order valence-electron chi connectivity index (χ3n) is 5.45. The molecule has 2 aliphatic rings. The summed E-state index contributed by atoms with van der Waals surface area (Å²) in [5.74, 6) is -0.000807. The smallest absolute Gasteiger partial charge is 0.238 e. The van der Waals surface area contributed by atoms with Crippen LogP contribution in [-0.2, 0) is 14.3 Å². The number of carbonyl (C=O) groups is 2. The van der Waals surface area contributed by atoms with Crippen molar-refractivity contribution in [2.24, 2.45) is 0 Å². The summed E-state index contributed by atoms with van der Waals surface area (Å²) >= 11 is 6.11. The Hall–Kier alpha value is -2.53. The van der Waals surface area contributed by atoms with Crippen LogP contribution in [0.3, 0.4) is 0 Å². The van der Waals surface area contributed by atoms with Crippen LogP contribution in [0, 0.1) is 0 Å². The maximum Gasteiger partial charge on any atom is 0.238 e. The molecule has 0 saturated carbocycles. The van der Waals surface area contributed by atoms with Crippen molar-refractivity contribution >= 4 is 29.1 Å². The summed E-state index contributed by atoms with van der Waals surface area (Å²) < 4.78 is 6.90. The van der Waals surface area contributed by atoms with Crippen molar-refractivity contribution in [2.45, 2.75) is 0 Å². The van der Waals surface area contributed by atoms with Gasteiger partial charge in [0.05, 0.1) is 37.7 Å².